The van der Waals surface area contributed by atoms with Crippen LogP contribution in [0.15, 0.2) is 53.7 Å². The maximum Gasteiger partial charge on any atom is 0.416 e. The molecule has 0 aliphatic carbocycles. The van der Waals surface area contributed by atoms with Crippen molar-refractivity contribution in [2.75, 3.05) is 7.11 Å². The van der Waals surface area contributed by atoms with Gasteiger partial charge in [-0.1, -0.05) is 6.07 Å². The first kappa shape index (κ1) is 16.1. The van der Waals surface area contributed by atoms with E-state index in [1.807, 2.05) is 12.1 Å². The Balaban J connectivity index is 1.96. The molecule has 0 atom stereocenters. The van der Waals surface area contributed by atoms with Crippen LogP contribution in [-0.2, 0) is 13.2 Å². The normalized spacial score (nSPS) is 12.2. The van der Waals surface area contributed by atoms with Gasteiger partial charge in [-0.05, 0) is 36.4 Å². The Bertz CT molecular complexity index is 893. The molecular formula is C18H15F3N2O. The maximum atomic E-state index is 12.8. The van der Waals surface area contributed by atoms with Gasteiger partial charge >= 0.3 is 6.18 Å². The zero-order valence-electron chi connectivity index (χ0n) is 13.1. The third kappa shape index (κ3) is 3.13. The van der Waals surface area contributed by atoms with Gasteiger partial charge < -0.3 is 9.30 Å². The second-order valence-electron chi connectivity index (χ2n) is 5.38. The SMILES string of the molecule is COc1ccc(N=Cc2cn(C)c3cc(C(F)(F)F)ccc23)cc1. The van der Waals surface area contributed by atoms with Gasteiger partial charge in [0.1, 0.15) is 5.75 Å². The van der Waals surface area contributed by atoms with Crippen LogP contribution >= 0.6 is 0 Å². The van der Waals surface area contributed by atoms with Crippen molar-refractivity contribution in [3.05, 3.63) is 59.8 Å². The highest BCUT2D eigenvalue weighted by atomic mass is 19.4. The molecule has 1 aromatic heterocycles. The average molecular weight is 332 g/mol. The van der Waals surface area contributed by atoms with E-state index in [2.05, 4.69) is 4.99 Å². The lowest BCUT2D eigenvalue weighted by Gasteiger charge is -2.07. The summed E-state index contributed by atoms with van der Waals surface area (Å²) >= 11 is 0. The number of benzene rings is 2. The van der Waals surface area contributed by atoms with Gasteiger partial charge in [0.05, 0.1) is 18.4 Å². The van der Waals surface area contributed by atoms with Crippen molar-refractivity contribution in [2.24, 2.45) is 12.0 Å². The second kappa shape index (κ2) is 6.03. The molecule has 24 heavy (non-hydrogen) atoms. The van der Waals surface area contributed by atoms with Gasteiger partial charge in [-0.15, -0.1) is 0 Å². The molecule has 1 heterocycles. The molecule has 2 aromatic carbocycles. The highest BCUT2D eigenvalue weighted by Crippen LogP contribution is 2.32. The predicted octanol–water partition coefficient (Wildman–Crippen LogP) is 4.96. The quantitative estimate of drug-likeness (QED) is 0.623. The minimum atomic E-state index is -4.35. The number of halogens is 3. The van der Waals surface area contributed by atoms with Crippen molar-refractivity contribution in [3.63, 3.8) is 0 Å². The number of hydrogen-bond acceptors (Lipinski definition) is 2. The fraction of sp³-hybridized carbons (Fsp3) is 0.167. The Kier molecular flexibility index (Phi) is 4.05. The zero-order valence-corrected chi connectivity index (χ0v) is 13.1. The van der Waals surface area contributed by atoms with E-state index < -0.39 is 11.7 Å². The van der Waals surface area contributed by atoms with Gasteiger partial charge in [-0.25, -0.2) is 0 Å². The van der Waals surface area contributed by atoms with Crippen molar-refractivity contribution in [2.45, 2.75) is 6.18 Å². The van der Waals surface area contributed by atoms with Gasteiger partial charge in [0.25, 0.3) is 0 Å². The molecule has 0 saturated carbocycles. The summed E-state index contributed by atoms with van der Waals surface area (Å²) in [5.41, 5.74) is 1.35. The first-order chi connectivity index (χ1) is 11.4. The molecular weight excluding hydrogens is 317 g/mol. The lowest BCUT2D eigenvalue weighted by atomic mass is 10.1. The van der Waals surface area contributed by atoms with E-state index in [-0.39, 0.29) is 0 Å². The molecule has 0 N–H and O–H groups in total. The zero-order chi connectivity index (χ0) is 17.3. The van der Waals surface area contributed by atoms with E-state index in [0.29, 0.717) is 5.52 Å². The summed E-state index contributed by atoms with van der Waals surface area (Å²) in [7, 11) is 3.30. The van der Waals surface area contributed by atoms with Crippen LogP contribution in [-0.4, -0.2) is 17.9 Å². The Morgan fingerprint density at radius 2 is 1.79 bits per heavy atom. The van der Waals surface area contributed by atoms with Crippen molar-refractivity contribution in [3.8, 4) is 5.75 Å². The Morgan fingerprint density at radius 3 is 2.42 bits per heavy atom. The first-order valence-electron chi connectivity index (χ1n) is 7.23. The molecule has 3 nitrogen and oxygen atoms in total. The fourth-order valence-corrected chi connectivity index (χ4v) is 2.51. The number of aliphatic imine (C=N–C) groups is 1. The van der Waals surface area contributed by atoms with E-state index in [1.165, 1.54) is 6.07 Å². The van der Waals surface area contributed by atoms with Gasteiger partial charge in [0, 0.05) is 35.9 Å². The Morgan fingerprint density at radius 1 is 1.08 bits per heavy atom. The smallest absolute Gasteiger partial charge is 0.416 e. The minimum Gasteiger partial charge on any atom is -0.497 e. The minimum absolute atomic E-state index is 0.515. The van der Waals surface area contributed by atoms with Crippen molar-refractivity contribution >= 4 is 22.8 Å². The van der Waals surface area contributed by atoms with Gasteiger partial charge in [-0.3, -0.25) is 4.99 Å². The van der Waals surface area contributed by atoms with Crippen LogP contribution in [0.1, 0.15) is 11.1 Å². The summed E-state index contributed by atoms with van der Waals surface area (Å²) < 4.78 is 45.3. The van der Waals surface area contributed by atoms with Crippen LogP contribution in [0.4, 0.5) is 18.9 Å². The number of aryl methyl sites for hydroxylation is 1. The number of hydrogen-bond donors (Lipinski definition) is 0. The monoisotopic (exact) mass is 332 g/mol. The van der Waals surface area contributed by atoms with Gasteiger partial charge in [-0.2, -0.15) is 13.2 Å². The highest BCUT2D eigenvalue weighted by Gasteiger charge is 2.30. The lowest BCUT2D eigenvalue weighted by molar-refractivity contribution is -0.137. The molecule has 3 aromatic rings. The van der Waals surface area contributed by atoms with Crippen molar-refractivity contribution in [1.82, 2.24) is 4.57 Å². The summed E-state index contributed by atoms with van der Waals surface area (Å²) in [6.45, 7) is 0. The number of nitrogens with zero attached hydrogens (tertiary/aromatic N) is 2. The number of aromatic nitrogens is 1. The molecule has 0 spiro atoms. The molecule has 0 fully saturated rings. The molecule has 0 aliphatic heterocycles. The molecule has 3 rings (SSSR count). The van der Waals surface area contributed by atoms with Gasteiger partial charge in [0.15, 0.2) is 0 Å². The summed E-state index contributed by atoms with van der Waals surface area (Å²) in [6, 6.07) is 10.9. The van der Waals surface area contributed by atoms with Crippen LogP contribution in [0.25, 0.3) is 10.9 Å². The van der Waals surface area contributed by atoms with E-state index in [1.54, 1.807) is 43.3 Å². The van der Waals surface area contributed by atoms with E-state index >= 15 is 0 Å². The maximum absolute atomic E-state index is 12.8. The topological polar surface area (TPSA) is 26.5 Å². The van der Waals surface area contributed by atoms with Crippen LogP contribution in [0, 0.1) is 0 Å². The Labute approximate surface area is 137 Å². The summed E-state index contributed by atoms with van der Waals surface area (Å²) in [4.78, 5) is 4.37. The third-order valence-electron chi connectivity index (χ3n) is 3.77. The number of rotatable bonds is 3. The molecule has 0 amide bonds. The van der Waals surface area contributed by atoms with Crippen molar-refractivity contribution < 1.29 is 17.9 Å². The average Bonchev–Trinajstić information content (AvgIpc) is 2.88. The summed E-state index contributed by atoms with van der Waals surface area (Å²) in [6.07, 6.45) is -0.939. The fourth-order valence-electron chi connectivity index (χ4n) is 2.51. The van der Waals surface area contributed by atoms with Crippen molar-refractivity contribution in [1.29, 1.82) is 0 Å². The molecule has 0 radical (unpaired) electrons. The number of fused-ring (bicyclic) bond motifs is 1. The third-order valence-corrected chi connectivity index (χ3v) is 3.77. The van der Waals surface area contributed by atoms with Crippen LogP contribution in [0.2, 0.25) is 0 Å². The highest BCUT2D eigenvalue weighted by molar-refractivity contribution is 6.00. The van der Waals surface area contributed by atoms with E-state index in [0.717, 1.165) is 34.5 Å². The largest absolute Gasteiger partial charge is 0.497 e. The first-order valence-corrected chi connectivity index (χ1v) is 7.23. The number of methoxy groups -OCH3 is 1. The number of alkyl halides is 3. The molecule has 0 saturated heterocycles. The van der Waals surface area contributed by atoms with Crippen LogP contribution < -0.4 is 4.74 Å². The molecule has 124 valence electrons. The van der Waals surface area contributed by atoms with E-state index in [9.17, 15) is 13.2 Å². The molecule has 0 bridgehead atoms. The van der Waals surface area contributed by atoms with Gasteiger partial charge in [0.2, 0.25) is 0 Å². The predicted molar refractivity (Wildman–Crippen MR) is 88.2 cm³/mol. The Hall–Kier alpha value is -2.76. The lowest BCUT2D eigenvalue weighted by Crippen LogP contribution is -2.04. The van der Waals surface area contributed by atoms with Crippen LogP contribution in [0.5, 0.6) is 5.75 Å². The summed E-state index contributed by atoms with van der Waals surface area (Å²) in [5.74, 6) is 0.735. The molecule has 0 aliphatic rings. The summed E-state index contributed by atoms with van der Waals surface area (Å²) in [5, 5.41) is 0.725. The second-order valence-corrected chi connectivity index (χ2v) is 5.38. The number of ether oxygens (including phenoxy) is 1. The standard InChI is InChI=1S/C18H15F3N2O/c1-23-11-12(10-22-14-4-6-15(24-2)7-5-14)16-8-3-13(9-17(16)23)18(19,20)21/h3-11H,1-2H3. The molecule has 0 unspecified atom stereocenters. The molecule has 6 heteroatoms. The van der Waals surface area contributed by atoms with E-state index in [4.69, 9.17) is 4.74 Å². The van der Waals surface area contributed by atoms with Crippen LogP contribution in [0.3, 0.4) is 0 Å².